The minimum absolute atomic E-state index is 0.107. The van der Waals surface area contributed by atoms with Crippen molar-refractivity contribution in [2.24, 2.45) is 5.92 Å². The SMILES string of the molecule is C=C1NC(C)C2CCCC2N1C(=O)/C=C\CC(=O)c1ccc(F)cc1. The Balaban J connectivity index is 1.63. The number of hydrogen-bond acceptors (Lipinski definition) is 3. The van der Waals surface area contributed by atoms with E-state index in [0.717, 1.165) is 19.3 Å². The van der Waals surface area contributed by atoms with Gasteiger partial charge < -0.3 is 5.32 Å². The zero-order chi connectivity index (χ0) is 18.0. The van der Waals surface area contributed by atoms with Crippen LogP contribution in [0.1, 0.15) is 43.0 Å². The Kier molecular flexibility index (Phi) is 5.02. The predicted molar refractivity (Wildman–Crippen MR) is 94.2 cm³/mol. The zero-order valence-electron chi connectivity index (χ0n) is 14.4. The van der Waals surface area contributed by atoms with Crippen molar-refractivity contribution in [2.45, 2.75) is 44.7 Å². The minimum Gasteiger partial charge on any atom is -0.369 e. The van der Waals surface area contributed by atoms with E-state index in [1.54, 1.807) is 11.0 Å². The predicted octanol–water partition coefficient (Wildman–Crippen LogP) is 3.41. The number of ketones is 1. The number of nitrogens with zero attached hydrogens (tertiary/aromatic N) is 1. The maximum Gasteiger partial charge on any atom is 0.252 e. The van der Waals surface area contributed by atoms with Crippen molar-refractivity contribution in [3.05, 3.63) is 60.2 Å². The summed E-state index contributed by atoms with van der Waals surface area (Å²) < 4.78 is 12.9. The molecule has 1 aliphatic carbocycles. The molecule has 4 nitrogen and oxygen atoms in total. The highest BCUT2D eigenvalue weighted by Crippen LogP contribution is 2.37. The van der Waals surface area contributed by atoms with Gasteiger partial charge in [0, 0.05) is 24.1 Å². The van der Waals surface area contributed by atoms with Gasteiger partial charge in [0.05, 0.1) is 0 Å². The van der Waals surface area contributed by atoms with E-state index in [1.165, 1.54) is 30.3 Å². The number of allylic oxidation sites excluding steroid dienone is 1. The molecule has 5 heteroatoms. The van der Waals surface area contributed by atoms with Crippen LogP contribution in [0.15, 0.2) is 48.8 Å². The minimum atomic E-state index is -0.376. The summed E-state index contributed by atoms with van der Waals surface area (Å²) in [5, 5.41) is 3.29. The molecule has 0 radical (unpaired) electrons. The molecule has 132 valence electrons. The Bertz CT molecular complexity index is 711. The molecule has 1 N–H and O–H groups in total. The Labute approximate surface area is 147 Å². The molecule has 0 spiro atoms. The summed E-state index contributed by atoms with van der Waals surface area (Å²) >= 11 is 0. The van der Waals surface area contributed by atoms with E-state index < -0.39 is 0 Å². The van der Waals surface area contributed by atoms with E-state index in [4.69, 9.17) is 0 Å². The maximum absolute atomic E-state index is 12.9. The first-order chi connectivity index (χ1) is 12.0. The van der Waals surface area contributed by atoms with Crippen LogP contribution in [0.5, 0.6) is 0 Å². The number of hydrogen-bond donors (Lipinski definition) is 1. The first-order valence-electron chi connectivity index (χ1n) is 8.71. The quantitative estimate of drug-likeness (QED) is 0.674. The van der Waals surface area contributed by atoms with Crippen LogP contribution in [-0.2, 0) is 4.79 Å². The van der Waals surface area contributed by atoms with E-state index in [9.17, 15) is 14.0 Å². The van der Waals surface area contributed by atoms with Crippen molar-refractivity contribution < 1.29 is 14.0 Å². The van der Waals surface area contributed by atoms with Crippen molar-refractivity contribution >= 4 is 11.7 Å². The van der Waals surface area contributed by atoms with Gasteiger partial charge in [0.1, 0.15) is 11.6 Å². The molecule has 2 fully saturated rings. The van der Waals surface area contributed by atoms with Crippen molar-refractivity contribution in [2.75, 3.05) is 0 Å². The summed E-state index contributed by atoms with van der Waals surface area (Å²) in [6, 6.07) is 5.93. The van der Waals surface area contributed by atoms with Gasteiger partial charge in [-0.15, -0.1) is 0 Å². The van der Waals surface area contributed by atoms with Crippen LogP contribution in [0.25, 0.3) is 0 Å². The molecular formula is C20H23FN2O2. The third-order valence-electron chi connectivity index (χ3n) is 5.16. The highest BCUT2D eigenvalue weighted by molar-refractivity contribution is 5.98. The highest BCUT2D eigenvalue weighted by atomic mass is 19.1. The molecule has 1 aromatic carbocycles. The van der Waals surface area contributed by atoms with Gasteiger partial charge in [-0.05, 0) is 56.0 Å². The van der Waals surface area contributed by atoms with Crippen LogP contribution in [0, 0.1) is 11.7 Å². The number of rotatable bonds is 4. The molecule has 1 aliphatic heterocycles. The van der Waals surface area contributed by atoms with Crippen LogP contribution < -0.4 is 5.32 Å². The standard InChI is InChI=1S/C20H23FN2O2/c1-13-17-5-3-6-18(17)23(14(2)22-13)20(25)8-4-7-19(24)15-9-11-16(21)12-10-15/h4,8-13,17-18,22H,2-3,5-7H2,1H3/b8-4-. The average molecular weight is 342 g/mol. The highest BCUT2D eigenvalue weighted by Gasteiger charge is 2.42. The summed E-state index contributed by atoms with van der Waals surface area (Å²) in [7, 11) is 0. The largest absolute Gasteiger partial charge is 0.369 e. The molecule has 2 aliphatic rings. The molecular weight excluding hydrogens is 319 g/mol. The summed E-state index contributed by atoms with van der Waals surface area (Å²) in [6.07, 6.45) is 6.34. The summed E-state index contributed by atoms with van der Waals surface area (Å²) in [5.41, 5.74) is 0.437. The Morgan fingerprint density at radius 3 is 2.76 bits per heavy atom. The molecule has 1 aromatic rings. The third kappa shape index (κ3) is 3.65. The van der Waals surface area contributed by atoms with Gasteiger partial charge in [0.25, 0.3) is 5.91 Å². The molecule has 1 saturated heterocycles. The molecule has 3 atom stereocenters. The van der Waals surface area contributed by atoms with Gasteiger partial charge in [0.15, 0.2) is 5.78 Å². The molecule has 1 heterocycles. The van der Waals surface area contributed by atoms with Gasteiger partial charge in [-0.2, -0.15) is 0 Å². The van der Waals surface area contributed by atoms with Crippen molar-refractivity contribution in [1.82, 2.24) is 10.2 Å². The van der Waals surface area contributed by atoms with Crippen molar-refractivity contribution in [3.8, 4) is 0 Å². The van der Waals surface area contributed by atoms with Crippen LogP contribution >= 0.6 is 0 Å². The monoisotopic (exact) mass is 342 g/mol. The third-order valence-corrected chi connectivity index (χ3v) is 5.16. The number of benzene rings is 1. The summed E-state index contributed by atoms with van der Waals surface area (Å²) in [6.45, 7) is 6.12. The number of carbonyl (C=O) groups excluding carboxylic acids is 2. The van der Waals surface area contributed by atoms with Crippen molar-refractivity contribution in [3.63, 3.8) is 0 Å². The fourth-order valence-electron chi connectivity index (χ4n) is 3.91. The Hall–Kier alpha value is -2.43. The van der Waals surface area contributed by atoms with Crippen LogP contribution in [-0.4, -0.2) is 28.7 Å². The molecule has 3 unspecified atom stereocenters. The first-order valence-corrected chi connectivity index (χ1v) is 8.71. The second-order valence-electron chi connectivity index (χ2n) is 6.79. The smallest absolute Gasteiger partial charge is 0.252 e. The molecule has 0 bridgehead atoms. The lowest BCUT2D eigenvalue weighted by Gasteiger charge is -2.43. The Morgan fingerprint density at radius 1 is 1.32 bits per heavy atom. The lowest BCUT2D eigenvalue weighted by Crippen LogP contribution is -2.55. The maximum atomic E-state index is 12.9. The molecule has 1 amide bonds. The number of halogens is 1. The molecule has 3 rings (SSSR count). The zero-order valence-corrected chi connectivity index (χ0v) is 14.4. The molecule has 25 heavy (non-hydrogen) atoms. The number of carbonyl (C=O) groups is 2. The Morgan fingerprint density at radius 2 is 2.04 bits per heavy atom. The fourth-order valence-corrected chi connectivity index (χ4v) is 3.91. The van der Waals surface area contributed by atoms with E-state index in [0.29, 0.717) is 23.3 Å². The summed E-state index contributed by atoms with van der Waals surface area (Å²) in [5.74, 6) is 0.415. The fraction of sp³-hybridized carbons (Fsp3) is 0.400. The van der Waals surface area contributed by atoms with Gasteiger partial charge in [-0.1, -0.05) is 19.1 Å². The number of Topliss-reactive ketones (excluding diaryl/α,β-unsaturated/α-hetero) is 1. The molecule has 1 saturated carbocycles. The van der Waals surface area contributed by atoms with E-state index in [1.807, 2.05) is 0 Å². The van der Waals surface area contributed by atoms with Crippen LogP contribution in [0.4, 0.5) is 4.39 Å². The number of amides is 1. The topological polar surface area (TPSA) is 49.4 Å². The second kappa shape index (κ2) is 7.21. The van der Waals surface area contributed by atoms with Crippen molar-refractivity contribution in [1.29, 1.82) is 0 Å². The van der Waals surface area contributed by atoms with E-state index >= 15 is 0 Å². The lowest BCUT2D eigenvalue weighted by atomic mass is 9.92. The van der Waals surface area contributed by atoms with E-state index in [2.05, 4.69) is 18.8 Å². The van der Waals surface area contributed by atoms with Gasteiger partial charge >= 0.3 is 0 Å². The van der Waals surface area contributed by atoms with Gasteiger partial charge in [0.2, 0.25) is 0 Å². The summed E-state index contributed by atoms with van der Waals surface area (Å²) in [4.78, 5) is 26.4. The van der Waals surface area contributed by atoms with Crippen LogP contribution in [0.3, 0.4) is 0 Å². The second-order valence-corrected chi connectivity index (χ2v) is 6.79. The van der Waals surface area contributed by atoms with Gasteiger partial charge in [-0.25, -0.2) is 4.39 Å². The lowest BCUT2D eigenvalue weighted by molar-refractivity contribution is -0.128. The number of nitrogens with one attached hydrogen (secondary N) is 1. The van der Waals surface area contributed by atoms with E-state index in [-0.39, 0.29) is 30.0 Å². The van der Waals surface area contributed by atoms with Gasteiger partial charge in [-0.3, -0.25) is 14.5 Å². The average Bonchev–Trinajstić information content (AvgIpc) is 3.05. The number of fused-ring (bicyclic) bond motifs is 1. The van der Waals surface area contributed by atoms with Crippen LogP contribution in [0.2, 0.25) is 0 Å². The first kappa shape index (κ1) is 17.4. The normalized spacial score (nSPS) is 25.8. The molecule has 0 aromatic heterocycles.